The van der Waals surface area contributed by atoms with Gasteiger partial charge in [-0.25, -0.2) is 0 Å². The maximum Gasteiger partial charge on any atom is 0.245 e. The van der Waals surface area contributed by atoms with Crippen LogP contribution in [0.5, 0.6) is 0 Å². The van der Waals surface area contributed by atoms with E-state index < -0.39 is 0 Å². The summed E-state index contributed by atoms with van der Waals surface area (Å²) < 4.78 is 1.75. The number of nitrogens with one attached hydrogen (secondary N) is 1. The highest BCUT2D eigenvalue weighted by molar-refractivity contribution is 5.97. The number of amides is 1. The monoisotopic (exact) mass is 366 g/mol. The Labute approximate surface area is 161 Å². The number of hydrogen-bond acceptors (Lipinski definition) is 3. The highest BCUT2D eigenvalue weighted by Gasteiger charge is 2.38. The van der Waals surface area contributed by atoms with Crippen molar-refractivity contribution in [1.82, 2.24) is 15.1 Å². The minimum absolute atomic E-state index is 0.108. The molecule has 5 nitrogen and oxygen atoms in total. The summed E-state index contributed by atoms with van der Waals surface area (Å²) in [6.07, 6.45) is 8.76. The van der Waals surface area contributed by atoms with Gasteiger partial charge in [0, 0.05) is 37.8 Å². The maximum absolute atomic E-state index is 13.0. The molecule has 2 heterocycles. The number of aryl methyl sites for hydroxylation is 2. The van der Waals surface area contributed by atoms with Crippen molar-refractivity contribution in [2.75, 3.05) is 18.0 Å². The summed E-state index contributed by atoms with van der Waals surface area (Å²) >= 11 is 0. The molecule has 4 rings (SSSR count). The molecule has 0 bridgehead atoms. The van der Waals surface area contributed by atoms with Crippen LogP contribution in [0.4, 0.5) is 5.82 Å². The van der Waals surface area contributed by atoms with Crippen LogP contribution in [-0.4, -0.2) is 34.8 Å². The molecule has 144 valence electrons. The highest BCUT2D eigenvalue weighted by Crippen LogP contribution is 2.41. The maximum atomic E-state index is 13.0. The number of carbonyl (C=O) groups is 1. The second-order valence-corrected chi connectivity index (χ2v) is 8.27. The van der Waals surface area contributed by atoms with Gasteiger partial charge in [0.05, 0.1) is 6.04 Å². The zero-order valence-corrected chi connectivity index (χ0v) is 16.4. The molecule has 2 aliphatic rings. The van der Waals surface area contributed by atoms with E-state index >= 15 is 0 Å². The normalized spacial score (nSPS) is 22.4. The number of hydrogen-bond donors (Lipinski definition) is 1. The van der Waals surface area contributed by atoms with Crippen molar-refractivity contribution < 1.29 is 4.79 Å². The second-order valence-electron chi connectivity index (χ2n) is 8.27. The Morgan fingerprint density at radius 1 is 1.22 bits per heavy atom. The lowest BCUT2D eigenvalue weighted by molar-refractivity contribution is -0.121. The van der Waals surface area contributed by atoms with Crippen molar-refractivity contribution >= 4 is 11.7 Å². The van der Waals surface area contributed by atoms with Gasteiger partial charge in [0.15, 0.2) is 5.82 Å². The van der Waals surface area contributed by atoms with Crippen LogP contribution in [0.2, 0.25) is 0 Å². The van der Waals surface area contributed by atoms with E-state index in [1.165, 1.54) is 36.8 Å². The molecule has 1 amide bonds. The van der Waals surface area contributed by atoms with E-state index in [0.29, 0.717) is 0 Å². The zero-order chi connectivity index (χ0) is 18.9. The molecule has 1 saturated carbocycles. The summed E-state index contributed by atoms with van der Waals surface area (Å²) in [6, 6.07) is 10.7. The fraction of sp³-hybridized carbons (Fsp3) is 0.545. The van der Waals surface area contributed by atoms with Crippen molar-refractivity contribution in [3.63, 3.8) is 0 Å². The minimum atomic E-state index is -0.108. The number of anilines is 1. The Balaban J connectivity index is 1.48. The third-order valence-corrected chi connectivity index (χ3v) is 6.29. The smallest absolute Gasteiger partial charge is 0.245 e. The lowest BCUT2D eigenvalue weighted by Gasteiger charge is -2.36. The second kappa shape index (κ2) is 7.47. The Bertz CT molecular complexity index is 806. The number of rotatable bonds is 5. The van der Waals surface area contributed by atoms with E-state index in [2.05, 4.69) is 41.6 Å². The van der Waals surface area contributed by atoms with Gasteiger partial charge in [-0.1, -0.05) is 42.7 Å². The van der Waals surface area contributed by atoms with Crippen molar-refractivity contribution in [2.24, 2.45) is 7.05 Å². The number of nitrogens with zero attached hydrogens (tertiary/aromatic N) is 3. The third-order valence-electron chi connectivity index (χ3n) is 6.29. The first-order valence-corrected chi connectivity index (χ1v) is 10.2. The SMILES string of the molecule is Cc1cccc(C2(CNC3CCCN(c4ccn(C)n4)C3=O)CCCC2)c1. The molecule has 2 aromatic rings. The molecule has 1 N–H and O–H groups in total. The Morgan fingerprint density at radius 2 is 2.04 bits per heavy atom. The van der Waals surface area contributed by atoms with Gasteiger partial charge in [-0.2, -0.15) is 5.10 Å². The Kier molecular flexibility index (Phi) is 5.04. The molecule has 1 saturated heterocycles. The lowest BCUT2D eigenvalue weighted by Crippen LogP contribution is -2.53. The van der Waals surface area contributed by atoms with Crippen LogP contribution in [0.15, 0.2) is 36.5 Å². The number of piperidine rings is 1. The largest absolute Gasteiger partial charge is 0.305 e. The van der Waals surface area contributed by atoms with Gasteiger partial charge in [0.2, 0.25) is 5.91 Å². The molecular weight excluding hydrogens is 336 g/mol. The number of benzene rings is 1. The molecule has 0 radical (unpaired) electrons. The van der Waals surface area contributed by atoms with Crippen LogP contribution >= 0.6 is 0 Å². The number of carbonyl (C=O) groups excluding carboxylic acids is 1. The van der Waals surface area contributed by atoms with Crippen LogP contribution in [0.25, 0.3) is 0 Å². The highest BCUT2D eigenvalue weighted by atomic mass is 16.2. The standard InChI is InChI=1S/C22H30N4O/c1-17-7-5-8-18(15-17)22(11-3-4-12-22)16-23-19-9-6-13-26(21(19)27)20-10-14-25(2)24-20/h5,7-8,10,14-15,19,23H,3-4,6,9,11-13,16H2,1-2H3. The summed E-state index contributed by atoms with van der Waals surface area (Å²) in [6.45, 7) is 3.80. The first-order chi connectivity index (χ1) is 13.1. The molecule has 27 heavy (non-hydrogen) atoms. The van der Waals surface area contributed by atoms with Gasteiger partial charge >= 0.3 is 0 Å². The van der Waals surface area contributed by atoms with Crippen LogP contribution in [0.1, 0.15) is 49.7 Å². The summed E-state index contributed by atoms with van der Waals surface area (Å²) in [5, 5.41) is 8.07. The van der Waals surface area contributed by atoms with E-state index in [1.54, 1.807) is 4.68 Å². The molecule has 1 aromatic carbocycles. The lowest BCUT2D eigenvalue weighted by atomic mass is 9.78. The molecule has 2 fully saturated rings. The fourth-order valence-corrected chi connectivity index (χ4v) is 4.75. The van der Waals surface area contributed by atoms with Crippen LogP contribution < -0.4 is 10.2 Å². The first-order valence-electron chi connectivity index (χ1n) is 10.2. The number of aromatic nitrogens is 2. The van der Waals surface area contributed by atoms with Gasteiger partial charge < -0.3 is 5.32 Å². The summed E-state index contributed by atoms with van der Waals surface area (Å²) in [5.74, 6) is 0.931. The Morgan fingerprint density at radius 3 is 2.74 bits per heavy atom. The van der Waals surface area contributed by atoms with E-state index in [9.17, 15) is 4.79 Å². The van der Waals surface area contributed by atoms with Crippen molar-refractivity contribution in [3.05, 3.63) is 47.7 Å². The van der Waals surface area contributed by atoms with E-state index in [1.807, 2.05) is 24.2 Å². The summed E-state index contributed by atoms with van der Waals surface area (Å²) in [4.78, 5) is 14.9. The molecule has 5 heteroatoms. The fourth-order valence-electron chi connectivity index (χ4n) is 4.75. The quantitative estimate of drug-likeness (QED) is 0.883. The van der Waals surface area contributed by atoms with Gasteiger partial charge in [0.25, 0.3) is 0 Å². The average molecular weight is 367 g/mol. The predicted molar refractivity (Wildman–Crippen MR) is 108 cm³/mol. The van der Waals surface area contributed by atoms with E-state index in [0.717, 1.165) is 31.7 Å². The Hall–Kier alpha value is -2.14. The van der Waals surface area contributed by atoms with Crippen LogP contribution in [0.3, 0.4) is 0 Å². The molecule has 1 aliphatic carbocycles. The van der Waals surface area contributed by atoms with Gasteiger partial charge in [-0.15, -0.1) is 0 Å². The van der Waals surface area contributed by atoms with Gasteiger partial charge in [-0.05, 0) is 38.2 Å². The van der Waals surface area contributed by atoms with E-state index in [-0.39, 0.29) is 17.4 Å². The van der Waals surface area contributed by atoms with Gasteiger partial charge in [-0.3, -0.25) is 14.4 Å². The summed E-state index contributed by atoms with van der Waals surface area (Å²) in [7, 11) is 1.89. The molecule has 0 spiro atoms. The van der Waals surface area contributed by atoms with Gasteiger partial charge in [0.1, 0.15) is 0 Å². The van der Waals surface area contributed by atoms with E-state index in [4.69, 9.17) is 0 Å². The third kappa shape index (κ3) is 3.65. The molecular formula is C22H30N4O. The predicted octanol–water partition coefficient (Wildman–Crippen LogP) is 3.33. The van der Waals surface area contributed by atoms with Crippen molar-refractivity contribution in [3.8, 4) is 0 Å². The molecule has 1 aromatic heterocycles. The van der Waals surface area contributed by atoms with Crippen LogP contribution in [-0.2, 0) is 17.3 Å². The van der Waals surface area contributed by atoms with Crippen LogP contribution in [0, 0.1) is 6.92 Å². The first kappa shape index (κ1) is 18.2. The minimum Gasteiger partial charge on any atom is -0.305 e. The molecule has 1 unspecified atom stereocenters. The van der Waals surface area contributed by atoms with Crippen molar-refractivity contribution in [2.45, 2.75) is 56.9 Å². The average Bonchev–Trinajstić information content (AvgIpc) is 3.31. The molecule has 1 aliphatic heterocycles. The summed E-state index contributed by atoms with van der Waals surface area (Å²) in [5.41, 5.74) is 2.91. The molecule has 1 atom stereocenters. The zero-order valence-electron chi connectivity index (χ0n) is 16.4. The van der Waals surface area contributed by atoms with Crippen molar-refractivity contribution in [1.29, 1.82) is 0 Å². The topological polar surface area (TPSA) is 50.2 Å².